The van der Waals surface area contributed by atoms with Crippen molar-refractivity contribution in [3.05, 3.63) is 5.01 Å². The Balaban J connectivity index is 2.67. The van der Waals surface area contributed by atoms with Crippen LogP contribution >= 0.6 is 11.3 Å². The lowest BCUT2D eigenvalue weighted by Gasteiger charge is -2.21. The summed E-state index contributed by atoms with van der Waals surface area (Å²) in [7, 11) is 0. The van der Waals surface area contributed by atoms with Crippen LogP contribution in [-0.4, -0.2) is 23.3 Å². The highest BCUT2D eigenvalue weighted by molar-refractivity contribution is 7.15. The molecule has 0 aromatic carbocycles. The third kappa shape index (κ3) is 3.84. The number of aromatic nitrogens is 2. The highest BCUT2D eigenvalue weighted by Gasteiger charge is 2.12. The van der Waals surface area contributed by atoms with E-state index in [1.807, 2.05) is 6.92 Å². The Morgan fingerprint density at radius 2 is 2.20 bits per heavy atom. The maximum Gasteiger partial charge on any atom is 0.208 e. The van der Waals surface area contributed by atoms with Crippen LogP contribution in [0.25, 0.3) is 0 Å². The fourth-order valence-electron chi connectivity index (χ4n) is 1.30. The minimum Gasteiger partial charge on any atom is -0.345 e. The molecule has 1 aromatic heterocycles. The van der Waals surface area contributed by atoms with Gasteiger partial charge in [-0.15, -0.1) is 10.2 Å². The average molecular weight is 224 g/mol. The lowest BCUT2D eigenvalue weighted by molar-refractivity contribution is 0.609. The SMILES string of the molecule is Cc1nnc(N(CCC#N)CC(C)C)s1. The smallest absolute Gasteiger partial charge is 0.208 e. The van der Waals surface area contributed by atoms with Gasteiger partial charge in [0.2, 0.25) is 5.13 Å². The van der Waals surface area contributed by atoms with Crippen molar-refractivity contribution in [2.75, 3.05) is 18.0 Å². The summed E-state index contributed by atoms with van der Waals surface area (Å²) in [5.41, 5.74) is 0. The lowest BCUT2D eigenvalue weighted by Crippen LogP contribution is -2.28. The number of aryl methyl sites for hydroxylation is 1. The molecule has 1 heterocycles. The van der Waals surface area contributed by atoms with Gasteiger partial charge in [-0.05, 0) is 12.8 Å². The Labute approximate surface area is 94.6 Å². The number of nitriles is 1. The van der Waals surface area contributed by atoms with E-state index < -0.39 is 0 Å². The van der Waals surface area contributed by atoms with Crippen LogP contribution in [0.5, 0.6) is 0 Å². The van der Waals surface area contributed by atoms with E-state index in [9.17, 15) is 0 Å². The molecule has 82 valence electrons. The van der Waals surface area contributed by atoms with E-state index in [1.54, 1.807) is 11.3 Å². The van der Waals surface area contributed by atoms with Crippen molar-refractivity contribution in [1.82, 2.24) is 10.2 Å². The monoisotopic (exact) mass is 224 g/mol. The maximum absolute atomic E-state index is 8.59. The maximum atomic E-state index is 8.59. The molecular weight excluding hydrogens is 208 g/mol. The Kier molecular flexibility index (Phi) is 4.50. The van der Waals surface area contributed by atoms with Gasteiger partial charge in [-0.1, -0.05) is 25.2 Å². The standard InChI is InChI=1S/C10H16N4S/c1-8(2)7-14(6-4-5-11)10-13-12-9(3)15-10/h8H,4,6-7H2,1-3H3. The topological polar surface area (TPSA) is 52.8 Å². The molecule has 0 saturated heterocycles. The van der Waals surface area contributed by atoms with Gasteiger partial charge in [0.25, 0.3) is 0 Å². The Hall–Kier alpha value is -1.15. The van der Waals surface area contributed by atoms with Crippen LogP contribution in [0.3, 0.4) is 0 Å². The largest absolute Gasteiger partial charge is 0.345 e. The van der Waals surface area contributed by atoms with E-state index in [0.717, 1.165) is 23.2 Å². The van der Waals surface area contributed by atoms with Crippen molar-refractivity contribution >= 4 is 16.5 Å². The molecule has 1 rings (SSSR count). The van der Waals surface area contributed by atoms with Gasteiger partial charge >= 0.3 is 0 Å². The summed E-state index contributed by atoms with van der Waals surface area (Å²) in [6.07, 6.45) is 0.533. The van der Waals surface area contributed by atoms with Gasteiger partial charge < -0.3 is 4.90 Å². The molecule has 0 amide bonds. The molecule has 0 fully saturated rings. The van der Waals surface area contributed by atoms with Crippen LogP contribution in [0.4, 0.5) is 5.13 Å². The van der Waals surface area contributed by atoms with Gasteiger partial charge in [-0.3, -0.25) is 0 Å². The molecule has 0 saturated carbocycles. The highest BCUT2D eigenvalue weighted by atomic mass is 32.1. The van der Waals surface area contributed by atoms with E-state index in [0.29, 0.717) is 12.3 Å². The molecule has 0 bridgehead atoms. The molecule has 1 aromatic rings. The minimum atomic E-state index is 0.533. The van der Waals surface area contributed by atoms with Crippen molar-refractivity contribution in [3.8, 4) is 6.07 Å². The number of anilines is 1. The Morgan fingerprint density at radius 1 is 1.47 bits per heavy atom. The quantitative estimate of drug-likeness (QED) is 0.769. The molecule has 0 N–H and O–H groups in total. The van der Waals surface area contributed by atoms with Crippen molar-refractivity contribution in [1.29, 1.82) is 5.26 Å². The first-order chi connectivity index (χ1) is 7.13. The van der Waals surface area contributed by atoms with E-state index in [1.165, 1.54) is 0 Å². The van der Waals surface area contributed by atoms with Crippen LogP contribution < -0.4 is 4.90 Å². The summed E-state index contributed by atoms with van der Waals surface area (Å²) in [6, 6.07) is 2.16. The summed E-state index contributed by atoms with van der Waals surface area (Å²) in [5.74, 6) is 0.563. The van der Waals surface area contributed by atoms with Gasteiger partial charge in [0.15, 0.2) is 0 Å². The molecule has 0 aliphatic rings. The third-order valence-electron chi connectivity index (χ3n) is 1.86. The number of hydrogen-bond donors (Lipinski definition) is 0. The first-order valence-electron chi connectivity index (χ1n) is 5.05. The summed E-state index contributed by atoms with van der Waals surface area (Å²) < 4.78 is 0. The van der Waals surface area contributed by atoms with Crippen LogP contribution in [0.2, 0.25) is 0 Å². The summed E-state index contributed by atoms with van der Waals surface area (Å²) >= 11 is 1.58. The number of nitrogens with zero attached hydrogens (tertiary/aromatic N) is 4. The van der Waals surface area contributed by atoms with E-state index in [2.05, 4.69) is 35.0 Å². The molecule has 4 nitrogen and oxygen atoms in total. The Bertz CT molecular complexity index is 339. The van der Waals surface area contributed by atoms with E-state index >= 15 is 0 Å². The van der Waals surface area contributed by atoms with Crippen LogP contribution in [-0.2, 0) is 0 Å². The van der Waals surface area contributed by atoms with Gasteiger partial charge in [-0.25, -0.2) is 0 Å². The van der Waals surface area contributed by atoms with Crippen LogP contribution in [0.15, 0.2) is 0 Å². The molecule has 0 radical (unpaired) electrons. The van der Waals surface area contributed by atoms with Gasteiger partial charge in [-0.2, -0.15) is 5.26 Å². The van der Waals surface area contributed by atoms with E-state index in [4.69, 9.17) is 5.26 Å². The van der Waals surface area contributed by atoms with Crippen molar-refractivity contribution < 1.29 is 0 Å². The summed E-state index contributed by atoms with van der Waals surface area (Å²) in [5, 5.41) is 18.6. The molecular formula is C10H16N4S. The second-order valence-electron chi connectivity index (χ2n) is 3.85. The van der Waals surface area contributed by atoms with Gasteiger partial charge in [0.05, 0.1) is 12.5 Å². The van der Waals surface area contributed by atoms with Crippen molar-refractivity contribution in [3.63, 3.8) is 0 Å². The average Bonchev–Trinajstić information content (AvgIpc) is 2.58. The molecule has 5 heteroatoms. The fourth-order valence-corrected chi connectivity index (χ4v) is 2.03. The highest BCUT2D eigenvalue weighted by Crippen LogP contribution is 2.20. The minimum absolute atomic E-state index is 0.533. The molecule has 0 unspecified atom stereocenters. The van der Waals surface area contributed by atoms with Crippen LogP contribution in [0, 0.1) is 24.2 Å². The van der Waals surface area contributed by atoms with Crippen LogP contribution in [0.1, 0.15) is 25.3 Å². The zero-order valence-corrected chi connectivity index (χ0v) is 10.2. The summed E-state index contributed by atoms with van der Waals surface area (Å²) in [4.78, 5) is 2.14. The van der Waals surface area contributed by atoms with Gasteiger partial charge in [0.1, 0.15) is 5.01 Å². The first-order valence-corrected chi connectivity index (χ1v) is 5.87. The molecule has 15 heavy (non-hydrogen) atoms. The predicted molar refractivity (Wildman–Crippen MR) is 61.9 cm³/mol. The molecule has 0 spiro atoms. The third-order valence-corrected chi connectivity index (χ3v) is 2.76. The molecule has 0 aliphatic heterocycles. The zero-order valence-electron chi connectivity index (χ0n) is 9.40. The van der Waals surface area contributed by atoms with Gasteiger partial charge in [0, 0.05) is 13.1 Å². The van der Waals surface area contributed by atoms with Crippen molar-refractivity contribution in [2.24, 2.45) is 5.92 Å². The normalized spacial score (nSPS) is 10.3. The molecule has 0 atom stereocenters. The first kappa shape index (κ1) is 11.9. The zero-order chi connectivity index (χ0) is 11.3. The van der Waals surface area contributed by atoms with E-state index in [-0.39, 0.29) is 0 Å². The fraction of sp³-hybridized carbons (Fsp3) is 0.700. The predicted octanol–water partition coefficient (Wildman–Crippen LogP) is 2.22. The number of rotatable bonds is 5. The second-order valence-corrected chi connectivity index (χ2v) is 5.01. The Morgan fingerprint density at radius 3 is 2.67 bits per heavy atom. The lowest BCUT2D eigenvalue weighted by atomic mass is 10.2. The summed E-state index contributed by atoms with van der Waals surface area (Å²) in [6.45, 7) is 7.93. The molecule has 0 aliphatic carbocycles. The number of hydrogen-bond acceptors (Lipinski definition) is 5. The second kappa shape index (κ2) is 5.66. The van der Waals surface area contributed by atoms with Crippen molar-refractivity contribution in [2.45, 2.75) is 27.2 Å².